The second-order valence-electron chi connectivity index (χ2n) is 4.86. The first-order chi connectivity index (χ1) is 9.52. The first-order valence-corrected chi connectivity index (χ1v) is 6.48. The molecule has 108 valence electrons. The van der Waals surface area contributed by atoms with Gasteiger partial charge in [0, 0.05) is 24.8 Å². The van der Waals surface area contributed by atoms with Crippen molar-refractivity contribution in [1.29, 1.82) is 0 Å². The van der Waals surface area contributed by atoms with E-state index in [1.165, 1.54) is 7.11 Å². The van der Waals surface area contributed by atoms with Crippen LogP contribution >= 0.6 is 0 Å². The molecule has 1 aliphatic heterocycles. The largest absolute Gasteiger partial charge is 0.497 e. The minimum Gasteiger partial charge on any atom is -0.497 e. The smallest absolute Gasteiger partial charge is 0.306 e. The van der Waals surface area contributed by atoms with E-state index in [0.29, 0.717) is 42.9 Å². The lowest BCUT2D eigenvalue weighted by atomic mass is 9.96. The van der Waals surface area contributed by atoms with Crippen LogP contribution in [0.25, 0.3) is 0 Å². The Labute approximate surface area is 117 Å². The van der Waals surface area contributed by atoms with Crippen molar-refractivity contribution in [1.82, 2.24) is 4.90 Å². The number of nitrogen functional groups attached to an aromatic ring is 1. The van der Waals surface area contributed by atoms with E-state index < -0.39 is 5.97 Å². The molecule has 20 heavy (non-hydrogen) atoms. The Bertz CT molecular complexity index is 522. The summed E-state index contributed by atoms with van der Waals surface area (Å²) in [4.78, 5) is 24.9. The van der Waals surface area contributed by atoms with Crippen LogP contribution in [0.2, 0.25) is 0 Å². The van der Waals surface area contributed by atoms with Crippen LogP contribution < -0.4 is 10.5 Å². The van der Waals surface area contributed by atoms with Gasteiger partial charge in [-0.05, 0) is 25.0 Å². The van der Waals surface area contributed by atoms with Gasteiger partial charge in [0.05, 0.1) is 18.6 Å². The predicted molar refractivity (Wildman–Crippen MR) is 73.7 cm³/mol. The minimum absolute atomic E-state index is 0.158. The molecular formula is C14H18N2O4. The van der Waals surface area contributed by atoms with Gasteiger partial charge in [0.2, 0.25) is 0 Å². The fourth-order valence-corrected chi connectivity index (χ4v) is 2.36. The Kier molecular flexibility index (Phi) is 4.12. The van der Waals surface area contributed by atoms with E-state index in [-0.39, 0.29) is 11.8 Å². The molecule has 1 aromatic rings. The highest BCUT2D eigenvalue weighted by Gasteiger charge is 2.28. The van der Waals surface area contributed by atoms with Gasteiger partial charge >= 0.3 is 5.97 Å². The molecule has 1 saturated heterocycles. The molecule has 1 heterocycles. The van der Waals surface area contributed by atoms with E-state index in [9.17, 15) is 9.59 Å². The molecule has 1 aliphatic rings. The summed E-state index contributed by atoms with van der Waals surface area (Å²) in [6.07, 6.45) is 0.967. The summed E-state index contributed by atoms with van der Waals surface area (Å²) in [5, 5.41) is 8.94. The third kappa shape index (κ3) is 2.84. The maximum absolute atomic E-state index is 12.4. The standard InChI is InChI=1S/C14H18N2O4/c1-20-10-2-3-11(12(15)8-10)13(17)16-6-4-9(5-7-16)14(18)19/h2-3,8-9H,4-7,15H2,1H3,(H,18,19). The first-order valence-electron chi connectivity index (χ1n) is 6.48. The molecule has 0 radical (unpaired) electrons. The quantitative estimate of drug-likeness (QED) is 0.811. The van der Waals surface area contributed by atoms with E-state index in [2.05, 4.69) is 0 Å². The summed E-state index contributed by atoms with van der Waals surface area (Å²) in [7, 11) is 1.53. The number of carbonyl (C=O) groups is 2. The molecule has 1 amide bonds. The van der Waals surface area contributed by atoms with Crippen LogP contribution in [0.3, 0.4) is 0 Å². The number of anilines is 1. The molecule has 0 spiro atoms. The number of likely N-dealkylation sites (tertiary alicyclic amines) is 1. The fraction of sp³-hybridized carbons (Fsp3) is 0.429. The molecule has 2 rings (SSSR count). The summed E-state index contributed by atoms with van der Waals surface area (Å²) in [5.41, 5.74) is 6.66. The summed E-state index contributed by atoms with van der Waals surface area (Å²) in [6, 6.07) is 4.94. The second kappa shape index (κ2) is 5.81. The third-order valence-electron chi connectivity index (χ3n) is 3.62. The molecule has 1 aromatic carbocycles. The van der Waals surface area contributed by atoms with Crippen molar-refractivity contribution in [2.24, 2.45) is 5.92 Å². The number of nitrogens with two attached hydrogens (primary N) is 1. The number of hydrogen-bond donors (Lipinski definition) is 2. The number of carbonyl (C=O) groups excluding carboxylic acids is 1. The van der Waals surface area contributed by atoms with Crippen LogP contribution in [-0.4, -0.2) is 42.1 Å². The number of amides is 1. The van der Waals surface area contributed by atoms with Crippen LogP contribution in [0.4, 0.5) is 5.69 Å². The molecule has 0 unspecified atom stereocenters. The number of ether oxygens (including phenoxy) is 1. The highest BCUT2D eigenvalue weighted by Crippen LogP contribution is 2.24. The van der Waals surface area contributed by atoms with Gasteiger partial charge in [0.1, 0.15) is 5.75 Å². The number of benzene rings is 1. The number of hydrogen-bond acceptors (Lipinski definition) is 4. The highest BCUT2D eigenvalue weighted by atomic mass is 16.5. The van der Waals surface area contributed by atoms with Crippen LogP contribution in [0.15, 0.2) is 18.2 Å². The van der Waals surface area contributed by atoms with Gasteiger partial charge in [-0.3, -0.25) is 9.59 Å². The molecule has 0 atom stereocenters. The van der Waals surface area contributed by atoms with E-state index in [0.717, 1.165) is 0 Å². The summed E-state index contributed by atoms with van der Waals surface area (Å²) >= 11 is 0. The average molecular weight is 278 g/mol. The molecule has 0 bridgehead atoms. The van der Waals surface area contributed by atoms with Gasteiger partial charge in [-0.15, -0.1) is 0 Å². The lowest BCUT2D eigenvalue weighted by molar-refractivity contribution is -0.143. The Hall–Kier alpha value is -2.24. The maximum Gasteiger partial charge on any atom is 0.306 e. The van der Waals surface area contributed by atoms with Crippen molar-refractivity contribution in [2.75, 3.05) is 25.9 Å². The van der Waals surface area contributed by atoms with Crippen molar-refractivity contribution in [3.8, 4) is 5.75 Å². The van der Waals surface area contributed by atoms with Gasteiger partial charge < -0.3 is 20.5 Å². The molecule has 0 saturated carbocycles. The number of carboxylic acids is 1. The fourth-order valence-electron chi connectivity index (χ4n) is 2.36. The average Bonchev–Trinajstić information content (AvgIpc) is 2.46. The highest BCUT2D eigenvalue weighted by molar-refractivity contribution is 5.99. The van der Waals surface area contributed by atoms with Crippen molar-refractivity contribution in [2.45, 2.75) is 12.8 Å². The van der Waals surface area contributed by atoms with E-state index >= 15 is 0 Å². The zero-order valence-electron chi connectivity index (χ0n) is 11.3. The van der Waals surface area contributed by atoms with Crippen LogP contribution in [0.5, 0.6) is 5.75 Å². The van der Waals surface area contributed by atoms with E-state index in [4.69, 9.17) is 15.6 Å². The minimum atomic E-state index is -0.791. The Balaban J connectivity index is 2.07. The van der Waals surface area contributed by atoms with Crippen molar-refractivity contribution < 1.29 is 19.4 Å². The third-order valence-corrected chi connectivity index (χ3v) is 3.62. The predicted octanol–water partition coefficient (Wildman–Crippen LogP) is 1.21. The van der Waals surface area contributed by atoms with Crippen molar-refractivity contribution >= 4 is 17.6 Å². The van der Waals surface area contributed by atoms with Crippen molar-refractivity contribution in [3.63, 3.8) is 0 Å². The number of aliphatic carboxylic acids is 1. The lowest BCUT2D eigenvalue weighted by Gasteiger charge is -2.30. The van der Waals surface area contributed by atoms with Crippen LogP contribution in [0.1, 0.15) is 23.2 Å². The Morgan fingerprint density at radius 2 is 2.00 bits per heavy atom. The Morgan fingerprint density at radius 1 is 1.35 bits per heavy atom. The van der Waals surface area contributed by atoms with E-state index in [1.807, 2.05) is 0 Å². The molecule has 0 aromatic heterocycles. The molecule has 6 heteroatoms. The van der Waals surface area contributed by atoms with Gasteiger partial charge in [-0.1, -0.05) is 0 Å². The van der Waals surface area contributed by atoms with E-state index in [1.54, 1.807) is 23.1 Å². The number of rotatable bonds is 3. The number of piperidine rings is 1. The summed E-state index contributed by atoms with van der Waals surface area (Å²) < 4.78 is 5.05. The molecular weight excluding hydrogens is 260 g/mol. The van der Waals surface area contributed by atoms with Gasteiger partial charge in [-0.2, -0.15) is 0 Å². The van der Waals surface area contributed by atoms with Gasteiger partial charge in [0.25, 0.3) is 5.91 Å². The monoisotopic (exact) mass is 278 g/mol. The second-order valence-corrected chi connectivity index (χ2v) is 4.86. The lowest BCUT2D eigenvalue weighted by Crippen LogP contribution is -2.40. The zero-order valence-corrected chi connectivity index (χ0v) is 11.3. The number of methoxy groups -OCH3 is 1. The molecule has 1 fully saturated rings. The summed E-state index contributed by atoms with van der Waals surface area (Å²) in [6.45, 7) is 0.891. The molecule has 0 aliphatic carbocycles. The van der Waals surface area contributed by atoms with Crippen LogP contribution in [-0.2, 0) is 4.79 Å². The van der Waals surface area contributed by atoms with Crippen molar-refractivity contribution in [3.05, 3.63) is 23.8 Å². The van der Waals surface area contributed by atoms with Crippen LogP contribution in [0, 0.1) is 5.92 Å². The Morgan fingerprint density at radius 3 is 2.50 bits per heavy atom. The maximum atomic E-state index is 12.4. The SMILES string of the molecule is COc1ccc(C(=O)N2CCC(C(=O)O)CC2)c(N)c1. The zero-order chi connectivity index (χ0) is 14.7. The van der Waals surface area contributed by atoms with Gasteiger partial charge in [0.15, 0.2) is 0 Å². The molecule has 6 nitrogen and oxygen atoms in total. The van der Waals surface area contributed by atoms with Gasteiger partial charge in [-0.25, -0.2) is 0 Å². The first kappa shape index (κ1) is 14.2. The number of nitrogens with zero attached hydrogens (tertiary/aromatic N) is 1. The number of carboxylic acid groups (broad SMARTS) is 1. The summed E-state index contributed by atoms with van der Waals surface area (Å²) in [5.74, 6) is -0.703. The molecule has 3 N–H and O–H groups in total. The normalized spacial score (nSPS) is 15.9. The topological polar surface area (TPSA) is 92.9 Å².